The van der Waals surface area contributed by atoms with Crippen molar-refractivity contribution in [3.8, 4) is 11.8 Å². The van der Waals surface area contributed by atoms with E-state index in [4.69, 9.17) is 9.84 Å². The van der Waals surface area contributed by atoms with Gasteiger partial charge in [0.1, 0.15) is 13.2 Å². The summed E-state index contributed by atoms with van der Waals surface area (Å²) in [6, 6.07) is 1.90. The second kappa shape index (κ2) is 7.85. The molecule has 0 aromatic carbocycles. The number of nitrogens with one attached hydrogen (secondary N) is 1. The maximum Gasteiger partial charge on any atom is 0.246 e. The van der Waals surface area contributed by atoms with Gasteiger partial charge in [0.05, 0.1) is 6.54 Å². The lowest BCUT2D eigenvalue weighted by molar-refractivity contribution is -0.125. The van der Waals surface area contributed by atoms with Crippen LogP contribution in [0.1, 0.15) is 17.4 Å². The molecule has 0 aliphatic heterocycles. The van der Waals surface area contributed by atoms with E-state index in [1.165, 1.54) is 11.3 Å². The number of rotatable bonds is 5. The summed E-state index contributed by atoms with van der Waals surface area (Å²) in [6.07, 6.45) is 0. The van der Waals surface area contributed by atoms with Gasteiger partial charge in [0.15, 0.2) is 0 Å². The van der Waals surface area contributed by atoms with E-state index in [0.717, 1.165) is 10.4 Å². The fraction of sp³-hybridized carbons (Fsp3) is 0.417. The molecule has 0 bridgehead atoms. The summed E-state index contributed by atoms with van der Waals surface area (Å²) in [7, 11) is 0. The molecule has 0 fully saturated rings. The number of hydrogen-bond donors (Lipinski definition) is 2. The third kappa shape index (κ3) is 5.50. The highest BCUT2D eigenvalue weighted by Gasteiger charge is 2.02. The Morgan fingerprint density at radius 2 is 2.47 bits per heavy atom. The smallest absolute Gasteiger partial charge is 0.246 e. The van der Waals surface area contributed by atoms with E-state index < -0.39 is 0 Å². The predicted octanol–water partition coefficient (Wildman–Crippen LogP) is 0.745. The van der Waals surface area contributed by atoms with Crippen molar-refractivity contribution in [2.75, 3.05) is 19.8 Å². The van der Waals surface area contributed by atoms with Crippen molar-refractivity contribution in [3.63, 3.8) is 0 Å². The van der Waals surface area contributed by atoms with Crippen LogP contribution >= 0.6 is 11.3 Å². The summed E-state index contributed by atoms with van der Waals surface area (Å²) in [5.41, 5.74) is 0.859. The molecule has 0 saturated carbocycles. The summed E-state index contributed by atoms with van der Waals surface area (Å²) >= 11 is 1.53. The van der Waals surface area contributed by atoms with Gasteiger partial charge in [-0.15, -0.1) is 11.3 Å². The largest absolute Gasteiger partial charge is 0.384 e. The van der Waals surface area contributed by atoms with Crippen LogP contribution in [0.4, 0.5) is 0 Å². The highest BCUT2D eigenvalue weighted by molar-refractivity contribution is 7.10. The third-order valence-electron chi connectivity index (χ3n) is 1.86. The molecular weight excluding hydrogens is 238 g/mol. The monoisotopic (exact) mass is 253 g/mol. The predicted molar refractivity (Wildman–Crippen MR) is 66.6 cm³/mol. The molecule has 5 heteroatoms. The zero-order valence-corrected chi connectivity index (χ0v) is 10.5. The molecular formula is C12H15NO3S. The van der Waals surface area contributed by atoms with Crippen molar-refractivity contribution in [1.82, 2.24) is 5.32 Å². The van der Waals surface area contributed by atoms with Crippen LogP contribution in [-0.2, 0) is 16.1 Å². The van der Waals surface area contributed by atoms with Crippen LogP contribution in [0.5, 0.6) is 0 Å². The summed E-state index contributed by atoms with van der Waals surface area (Å²) in [5, 5.41) is 13.2. The van der Waals surface area contributed by atoms with E-state index >= 15 is 0 Å². The molecule has 17 heavy (non-hydrogen) atoms. The quantitative estimate of drug-likeness (QED) is 0.761. The molecule has 0 radical (unpaired) electrons. The molecule has 2 N–H and O–H groups in total. The van der Waals surface area contributed by atoms with Crippen LogP contribution in [0, 0.1) is 11.8 Å². The Bertz CT molecular complexity index is 417. The Labute approximate surface area is 105 Å². The van der Waals surface area contributed by atoms with Crippen LogP contribution in [0.3, 0.4) is 0 Å². The second-order valence-electron chi connectivity index (χ2n) is 3.18. The van der Waals surface area contributed by atoms with Gasteiger partial charge in [-0.3, -0.25) is 4.79 Å². The number of amides is 1. The SMILES string of the molecule is CCOCC(=O)NCc1cc(C#CCO)cs1. The summed E-state index contributed by atoms with van der Waals surface area (Å²) < 4.78 is 4.98. The summed E-state index contributed by atoms with van der Waals surface area (Å²) in [4.78, 5) is 12.3. The van der Waals surface area contributed by atoms with Crippen LogP contribution < -0.4 is 5.32 Å². The van der Waals surface area contributed by atoms with E-state index in [2.05, 4.69) is 17.2 Å². The number of aliphatic hydroxyl groups is 1. The molecule has 0 aliphatic rings. The van der Waals surface area contributed by atoms with E-state index in [1.807, 2.05) is 18.4 Å². The molecule has 1 aromatic heterocycles. The Morgan fingerprint density at radius 1 is 1.65 bits per heavy atom. The van der Waals surface area contributed by atoms with Gasteiger partial charge in [0.2, 0.25) is 5.91 Å². The zero-order chi connectivity index (χ0) is 12.5. The molecule has 0 spiro atoms. The Kier molecular flexibility index (Phi) is 6.33. The maximum atomic E-state index is 11.3. The third-order valence-corrected chi connectivity index (χ3v) is 2.80. The Balaban J connectivity index is 2.36. The number of thiophene rings is 1. The molecule has 1 amide bonds. The first kappa shape index (κ1) is 13.7. The standard InChI is InChI=1S/C12H15NO3S/c1-2-16-8-12(15)13-7-11-6-10(9-17-11)4-3-5-14/h6,9,14H,2,5,7-8H2,1H3,(H,13,15). The number of carbonyl (C=O) groups is 1. The molecule has 1 heterocycles. The van der Waals surface area contributed by atoms with Crippen molar-refractivity contribution >= 4 is 17.2 Å². The molecule has 1 rings (SSSR count). The van der Waals surface area contributed by atoms with E-state index in [9.17, 15) is 4.79 Å². The first-order valence-electron chi connectivity index (χ1n) is 5.27. The molecule has 1 aromatic rings. The van der Waals surface area contributed by atoms with Crippen molar-refractivity contribution in [3.05, 3.63) is 21.9 Å². The zero-order valence-electron chi connectivity index (χ0n) is 9.66. The fourth-order valence-electron chi connectivity index (χ4n) is 1.11. The van der Waals surface area contributed by atoms with Crippen molar-refractivity contribution in [2.24, 2.45) is 0 Å². The van der Waals surface area contributed by atoms with Gasteiger partial charge in [-0.2, -0.15) is 0 Å². The fourth-order valence-corrected chi connectivity index (χ4v) is 1.87. The van der Waals surface area contributed by atoms with E-state index in [1.54, 1.807) is 0 Å². The second-order valence-corrected chi connectivity index (χ2v) is 4.17. The lowest BCUT2D eigenvalue weighted by atomic mass is 10.3. The molecule has 92 valence electrons. The van der Waals surface area contributed by atoms with Crippen molar-refractivity contribution in [1.29, 1.82) is 0 Å². The van der Waals surface area contributed by atoms with Gasteiger partial charge in [-0.1, -0.05) is 11.8 Å². The molecule has 0 atom stereocenters. The average Bonchev–Trinajstić information content (AvgIpc) is 2.79. The average molecular weight is 253 g/mol. The maximum absolute atomic E-state index is 11.3. The lowest BCUT2D eigenvalue weighted by Gasteiger charge is -2.02. The van der Waals surface area contributed by atoms with E-state index in [0.29, 0.717) is 13.2 Å². The Morgan fingerprint density at radius 3 is 3.18 bits per heavy atom. The molecule has 0 aliphatic carbocycles. The minimum absolute atomic E-state index is 0.0963. The van der Waals surface area contributed by atoms with Crippen LogP contribution in [0.2, 0.25) is 0 Å². The van der Waals surface area contributed by atoms with Crippen LogP contribution in [0.15, 0.2) is 11.4 Å². The summed E-state index contributed by atoms with van der Waals surface area (Å²) in [6.45, 7) is 2.82. The number of carbonyl (C=O) groups excluding carboxylic acids is 1. The molecule has 4 nitrogen and oxygen atoms in total. The number of aliphatic hydroxyl groups excluding tert-OH is 1. The lowest BCUT2D eigenvalue weighted by Crippen LogP contribution is -2.26. The van der Waals surface area contributed by atoms with Gasteiger partial charge < -0.3 is 15.2 Å². The van der Waals surface area contributed by atoms with Gasteiger partial charge in [0.25, 0.3) is 0 Å². The van der Waals surface area contributed by atoms with Gasteiger partial charge in [-0.05, 0) is 13.0 Å². The minimum Gasteiger partial charge on any atom is -0.384 e. The topological polar surface area (TPSA) is 58.6 Å². The van der Waals surface area contributed by atoms with Crippen LogP contribution in [-0.4, -0.2) is 30.8 Å². The summed E-state index contributed by atoms with van der Waals surface area (Å²) in [5.74, 6) is 5.26. The molecule has 0 unspecified atom stereocenters. The van der Waals surface area contributed by atoms with Gasteiger partial charge >= 0.3 is 0 Å². The van der Waals surface area contributed by atoms with Crippen molar-refractivity contribution in [2.45, 2.75) is 13.5 Å². The van der Waals surface area contributed by atoms with Gasteiger partial charge in [-0.25, -0.2) is 0 Å². The van der Waals surface area contributed by atoms with Gasteiger partial charge in [0, 0.05) is 22.4 Å². The number of ether oxygens (including phenoxy) is 1. The highest BCUT2D eigenvalue weighted by atomic mass is 32.1. The van der Waals surface area contributed by atoms with Crippen LogP contribution in [0.25, 0.3) is 0 Å². The van der Waals surface area contributed by atoms with E-state index in [-0.39, 0.29) is 19.1 Å². The minimum atomic E-state index is -0.143. The number of hydrogen-bond acceptors (Lipinski definition) is 4. The first-order chi connectivity index (χ1) is 8.26. The highest BCUT2D eigenvalue weighted by Crippen LogP contribution is 2.13. The normalized spacial score (nSPS) is 9.53. The Hall–Kier alpha value is -1.35. The first-order valence-corrected chi connectivity index (χ1v) is 6.15. The van der Waals surface area contributed by atoms with Crippen molar-refractivity contribution < 1.29 is 14.6 Å². The molecule has 0 saturated heterocycles.